The fourth-order valence-corrected chi connectivity index (χ4v) is 4.62. The lowest BCUT2D eigenvalue weighted by Crippen LogP contribution is -2.43. The Morgan fingerprint density at radius 1 is 1.06 bits per heavy atom. The van der Waals surface area contributed by atoms with Gasteiger partial charge in [-0.15, -0.1) is 0 Å². The number of rotatable bonds is 3. The molecule has 5 rings (SSSR count). The van der Waals surface area contributed by atoms with E-state index in [1.807, 2.05) is 4.90 Å². The van der Waals surface area contributed by atoms with Crippen LogP contribution in [0, 0.1) is 5.82 Å². The highest BCUT2D eigenvalue weighted by molar-refractivity contribution is 5.91. The molecule has 162 valence electrons. The summed E-state index contributed by atoms with van der Waals surface area (Å²) in [6.07, 6.45) is -1.48. The number of halogens is 4. The van der Waals surface area contributed by atoms with Crippen LogP contribution in [-0.2, 0) is 16.4 Å². The standard InChI is InChI=1S/C23H21F4N3O/c24-16-3-1-15(2-4-16)22(9-10-22)21(31)30-11-7-14(8-12-30)18-13-19-17(28-18)5-6-20(29-19)23(25,26)27/h1-6,13-14,28H,7-12H2. The summed E-state index contributed by atoms with van der Waals surface area (Å²) in [6, 6.07) is 10.3. The molecule has 2 aliphatic rings. The molecular formula is C23H21F4N3O. The maximum Gasteiger partial charge on any atom is 0.433 e. The number of hydrogen-bond donors (Lipinski definition) is 1. The zero-order valence-electron chi connectivity index (χ0n) is 16.7. The van der Waals surface area contributed by atoms with Crippen molar-refractivity contribution in [3.05, 3.63) is 65.2 Å². The number of piperidine rings is 1. The smallest absolute Gasteiger partial charge is 0.357 e. The number of aromatic amines is 1. The number of nitrogens with zero attached hydrogens (tertiary/aromatic N) is 2. The molecular weight excluding hydrogens is 410 g/mol. The van der Waals surface area contributed by atoms with Crippen molar-refractivity contribution in [1.29, 1.82) is 0 Å². The van der Waals surface area contributed by atoms with Crippen LogP contribution in [0.25, 0.3) is 11.0 Å². The van der Waals surface area contributed by atoms with Gasteiger partial charge in [-0.25, -0.2) is 9.37 Å². The lowest BCUT2D eigenvalue weighted by molar-refractivity contribution is -0.141. The monoisotopic (exact) mass is 431 g/mol. The molecule has 1 saturated heterocycles. The Hall–Kier alpha value is -2.90. The van der Waals surface area contributed by atoms with Crippen molar-refractivity contribution >= 4 is 16.9 Å². The lowest BCUT2D eigenvalue weighted by atomic mass is 9.90. The minimum atomic E-state index is -4.47. The van der Waals surface area contributed by atoms with Crippen LogP contribution >= 0.6 is 0 Å². The van der Waals surface area contributed by atoms with Crippen LogP contribution in [0.4, 0.5) is 17.6 Å². The summed E-state index contributed by atoms with van der Waals surface area (Å²) in [5, 5.41) is 0. The summed E-state index contributed by atoms with van der Waals surface area (Å²) in [5.74, 6) is -0.0951. The second-order valence-corrected chi connectivity index (χ2v) is 8.51. The fourth-order valence-electron chi connectivity index (χ4n) is 4.62. The molecule has 1 aliphatic heterocycles. The summed E-state index contributed by atoms with van der Waals surface area (Å²) >= 11 is 0. The first kappa shape index (κ1) is 20.0. The van der Waals surface area contributed by atoms with E-state index in [1.54, 1.807) is 18.2 Å². The average molecular weight is 431 g/mol. The molecule has 1 aliphatic carbocycles. The molecule has 0 unspecified atom stereocenters. The highest BCUT2D eigenvalue weighted by Gasteiger charge is 2.53. The lowest BCUT2D eigenvalue weighted by Gasteiger charge is -2.34. The average Bonchev–Trinajstić information content (AvgIpc) is 3.45. The van der Waals surface area contributed by atoms with Crippen molar-refractivity contribution in [1.82, 2.24) is 14.9 Å². The molecule has 3 aromatic rings. The molecule has 1 aromatic carbocycles. The van der Waals surface area contributed by atoms with Gasteiger partial charge in [-0.2, -0.15) is 13.2 Å². The van der Waals surface area contributed by atoms with Gasteiger partial charge in [0.25, 0.3) is 0 Å². The minimum Gasteiger partial charge on any atom is -0.357 e. The Morgan fingerprint density at radius 3 is 2.35 bits per heavy atom. The molecule has 8 heteroatoms. The van der Waals surface area contributed by atoms with Crippen LogP contribution in [0.3, 0.4) is 0 Å². The predicted molar refractivity (Wildman–Crippen MR) is 107 cm³/mol. The number of carbonyl (C=O) groups excluding carboxylic acids is 1. The molecule has 4 nitrogen and oxygen atoms in total. The molecule has 3 heterocycles. The number of pyridine rings is 1. The van der Waals surface area contributed by atoms with E-state index in [0.29, 0.717) is 24.1 Å². The normalized spacial score (nSPS) is 19.0. The number of H-pyrrole nitrogens is 1. The van der Waals surface area contributed by atoms with Crippen molar-refractivity contribution in [3.63, 3.8) is 0 Å². The first-order valence-electron chi connectivity index (χ1n) is 10.4. The van der Waals surface area contributed by atoms with Gasteiger partial charge in [0.15, 0.2) is 0 Å². The maximum atomic E-state index is 13.3. The number of hydrogen-bond acceptors (Lipinski definition) is 2. The van der Waals surface area contributed by atoms with Crippen LogP contribution in [0.2, 0.25) is 0 Å². The highest BCUT2D eigenvalue weighted by Crippen LogP contribution is 2.50. The Kier molecular flexibility index (Phi) is 4.57. The summed E-state index contributed by atoms with van der Waals surface area (Å²) in [6.45, 7) is 1.17. The summed E-state index contributed by atoms with van der Waals surface area (Å²) in [5.41, 5.74) is 1.17. The van der Waals surface area contributed by atoms with Gasteiger partial charge < -0.3 is 9.88 Å². The van der Waals surface area contributed by atoms with Gasteiger partial charge in [0.05, 0.1) is 16.4 Å². The second kappa shape index (κ2) is 7.07. The third-order valence-electron chi connectivity index (χ3n) is 6.56. The van der Waals surface area contributed by atoms with E-state index in [0.717, 1.165) is 43.0 Å². The molecule has 1 amide bonds. The van der Waals surface area contributed by atoms with Crippen LogP contribution in [-0.4, -0.2) is 33.9 Å². The van der Waals surface area contributed by atoms with E-state index >= 15 is 0 Å². The maximum absolute atomic E-state index is 13.3. The molecule has 0 bridgehead atoms. The molecule has 2 aromatic heterocycles. The first-order chi connectivity index (χ1) is 14.8. The number of benzene rings is 1. The second-order valence-electron chi connectivity index (χ2n) is 8.51. The van der Waals surface area contributed by atoms with E-state index in [9.17, 15) is 22.4 Å². The van der Waals surface area contributed by atoms with E-state index < -0.39 is 17.3 Å². The third-order valence-corrected chi connectivity index (χ3v) is 6.56. The number of aromatic nitrogens is 2. The number of fused-ring (bicyclic) bond motifs is 1. The summed E-state index contributed by atoms with van der Waals surface area (Å²) < 4.78 is 52.0. The van der Waals surface area contributed by atoms with Gasteiger partial charge in [-0.3, -0.25) is 4.79 Å². The molecule has 31 heavy (non-hydrogen) atoms. The Morgan fingerprint density at radius 2 is 1.74 bits per heavy atom. The number of nitrogens with one attached hydrogen (secondary N) is 1. The zero-order chi connectivity index (χ0) is 21.8. The quantitative estimate of drug-likeness (QED) is 0.583. The van der Waals surface area contributed by atoms with E-state index in [4.69, 9.17) is 0 Å². The third kappa shape index (κ3) is 3.58. The van der Waals surface area contributed by atoms with Crippen LogP contribution in [0.5, 0.6) is 0 Å². The van der Waals surface area contributed by atoms with Crippen LogP contribution < -0.4 is 0 Å². The topological polar surface area (TPSA) is 49.0 Å². The summed E-state index contributed by atoms with van der Waals surface area (Å²) in [4.78, 5) is 22.0. The van der Waals surface area contributed by atoms with Crippen molar-refractivity contribution in [2.45, 2.75) is 43.2 Å². The Labute approximate surface area is 176 Å². The van der Waals surface area contributed by atoms with E-state index in [2.05, 4.69) is 9.97 Å². The Balaban J connectivity index is 1.28. The van der Waals surface area contributed by atoms with Gasteiger partial charge in [-0.05, 0) is 61.6 Å². The molecule has 0 atom stereocenters. The molecule has 0 spiro atoms. The summed E-state index contributed by atoms with van der Waals surface area (Å²) in [7, 11) is 0. The zero-order valence-corrected chi connectivity index (χ0v) is 16.7. The van der Waals surface area contributed by atoms with Gasteiger partial charge in [0.1, 0.15) is 11.5 Å². The van der Waals surface area contributed by atoms with Crippen molar-refractivity contribution in [2.75, 3.05) is 13.1 Å². The van der Waals surface area contributed by atoms with Crippen molar-refractivity contribution in [3.8, 4) is 0 Å². The molecule has 1 saturated carbocycles. The molecule has 0 radical (unpaired) electrons. The number of likely N-dealkylation sites (tertiary alicyclic amines) is 1. The Bertz CT molecular complexity index is 1120. The van der Waals surface area contributed by atoms with Gasteiger partial charge >= 0.3 is 6.18 Å². The number of alkyl halides is 3. The van der Waals surface area contributed by atoms with Crippen molar-refractivity contribution < 1.29 is 22.4 Å². The SMILES string of the molecule is O=C(N1CCC(c2cc3nc(C(F)(F)F)ccc3[nH]2)CC1)C1(c2ccc(F)cc2)CC1. The van der Waals surface area contributed by atoms with Gasteiger partial charge in [0.2, 0.25) is 5.91 Å². The minimum absolute atomic E-state index is 0.0886. The highest BCUT2D eigenvalue weighted by atomic mass is 19.4. The molecule has 1 N–H and O–H groups in total. The first-order valence-corrected chi connectivity index (χ1v) is 10.4. The van der Waals surface area contributed by atoms with E-state index in [1.165, 1.54) is 18.2 Å². The largest absolute Gasteiger partial charge is 0.433 e. The van der Waals surface area contributed by atoms with Gasteiger partial charge in [0, 0.05) is 24.7 Å². The number of amides is 1. The van der Waals surface area contributed by atoms with Crippen LogP contribution in [0.15, 0.2) is 42.5 Å². The predicted octanol–water partition coefficient (Wildman–Crippen LogP) is 5.16. The molecule has 2 fully saturated rings. The van der Waals surface area contributed by atoms with Gasteiger partial charge in [-0.1, -0.05) is 12.1 Å². The fraction of sp³-hybridized carbons (Fsp3) is 0.391. The van der Waals surface area contributed by atoms with E-state index in [-0.39, 0.29) is 17.6 Å². The number of carbonyl (C=O) groups is 1. The van der Waals surface area contributed by atoms with Crippen molar-refractivity contribution in [2.24, 2.45) is 0 Å². The van der Waals surface area contributed by atoms with Crippen LogP contribution in [0.1, 0.15) is 48.6 Å².